The summed E-state index contributed by atoms with van der Waals surface area (Å²) < 4.78 is 13.3. The third-order valence-electron chi connectivity index (χ3n) is 4.41. The molecule has 1 fully saturated rings. The summed E-state index contributed by atoms with van der Waals surface area (Å²) in [4.78, 5) is 24.1. The van der Waals surface area contributed by atoms with Gasteiger partial charge in [0.05, 0.1) is 11.8 Å². The maximum Gasteiger partial charge on any atom is 0.249 e. The van der Waals surface area contributed by atoms with Crippen LogP contribution in [0.4, 0.5) is 21.8 Å². The molecular weight excluding hydrogens is 397 g/mol. The fourth-order valence-corrected chi connectivity index (χ4v) is 2.61. The lowest BCUT2D eigenvalue weighted by molar-refractivity contribution is -0.121. The minimum atomic E-state index is -0.630. The van der Waals surface area contributed by atoms with Gasteiger partial charge in [-0.05, 0) is 32.4 Å². The zero-order chi connectivity index (χ0) is 22.1. The van der Waals surface area contributed by atoms with Crippen LogP contribution in [0.1, 0.15) is 31.2 Å². The highest BCUT2D eigenvalue weighted by atomic mass is 19.1. The Morgan fingerprint density at radius 1 is 1.39 bits per heavy atom. The molecule has 1 aliphatic carbocycles. The summed E-state index contributed by atoms with van der Waals surface area (Å²) in [6.45, 7) is 0.488. The van der Waals surface area contributed by atoms with E-state index in [1.807, 2.05) is 0 Å². The summed E-state index contributed by atoms with van der Waals surface area (Å²) in [7, 11) is 1.64. The molecule has 2 aromatic heterocycles. The Balaban J connectivity index is 1.58. The summed E-state index contributed by atoms with van der Waals surface area (Å²) in [5.41, 5.74) is 1.20. The van der Waals surface area contributed by atoms with Crippen molar-refractivity contribution < 1.29 is 9.18 Å². The van der Waals surface area contributed by atoms with Gasteiger partial charge >= 0.3 is 0 Å². The number of nitrogens with zero attached hydrogens (tertiary/aromatic N) is 3. The Kier molecular flexibility index (Phi) is 7.74. The third-order valence-corrected chi connectivity index (χ3v) is 4.41. The number of carbonyl (C=O) groups is 1. The van der Waals surface area contributed by atoms with E-state index >= 15 is 0 Å². The molecule has 8 nitrogen and oxygen atoms in total. The first-order valence-electron chi connectivity index (χ1n) is 10.0. The molecular formula is C22H24FN7O. The molecule has 0 saturated heterocycles. The molecule has 0 aromatic carbocycles. The highest BCUT2D eigenvalue weighted by molar-refractivity contribution is 5.84. The predicted octanol–water partition coefficient (Wildman–Crippen LogP) is 1.80. The standard InChI is InChI=1S/C22H24FN7O/c1-3-18(24-2)21(31)26-11-6-4-5-7-15-14-27-22(30-20(15)28-16-8-9-16)29-17-10-12-25-19(23)13-17/h1,10,12-14,16,18,24H,4,6,8-9,11H2,2H3,(H,26,31)(H2,25,27,28,29,30)/t18-/m0/s1. The van der Waals surface area contributed by atoms with Crippen LogP contribution in [0, 0.1) is 30.1 Å². The van der Waals surface area contributed by atoms with Crippen molar-refractivity contribution >= 4 is 23.4 Å². The van der Waals surface area contributed by atoms with Crippen LogP contribution >= 0.6 is 0 Å². The molecule has 2 aromatic rings. The molecule has 9 heteroatoms. The van der Waals surface area contributed by atoms with E-state index in [0.29, 0.717) is 48.4 Å². The molecule has 1 amide bonds. The van der Waals surface area contributed by atoms with E-state index in [4.69, 9.17) is 6.42 Å². The number of hydrogen-bond acceptors (Lipinski definition) is 7. The molecule has 0 aliphatic heterocycles. The summed E-state index contributed by atoms with van der Waals surface area (Å²) in [5, 5.41) is 11.8. The Morgan fingerprint density at radius 2 is 2.23 bits per heavy atom. The van der Waals surface area contributed by atoms with Crippen LogP contribution in [0.2, 0.25) is 0 Å². The van der Waals surface area contributed by atoms with Crippen molar-refractivity contribution in [3.05, 3.63) is 36.0 Å². The minimum Gasteiger partial charge on any atom is -0.366 e. The first kappa shape index (κ1) is 22.0. The van der Waals surface area contributed by atoms with Crippen LogP contribution in [0.3, 0.4) is 0 Å². The molecule has 0 bridgehead atoms. The molecule has 0 unspecified atom stereocenters. The van der Waals surface area contributed by atoms with Gasteiger partial charge in [-0.15, -0.1) is 6.42 Å². The Labute approximate surface area is 180 Å². The first-order valence-corrected chi connectivity index (χ1v) is 10.0. The van der Waals surface area contributed by atoms with E-state index in [0.717, 1.165) is 12.8 Å². The minimum absolute atomic E-state index is 0.223. The highest BCUT2D eigenvalue weighted by Crippen LogP contribution is 2.26. The van der Waals surface area contributed by atoms with Gasteiger partial charge in [0.2, 0.25) is 17.8 Å². The number of aromatic nitrogens is 3. The van der Waals surface area contributed by atoms with Gasteiger partial charge in [-0.2, -0.15) is 9.37 Å². The van der Waals surface area contributed by atoms with Gasteiger partial charge in [-0.3, -0.25) is 10.1 Å². The number of hydrogen-bond donors (Lipinski definition) is 4. The molecule has 0 radical (unpaired) electrons. The van der Waals surface area contributed by atoms with E-state index in [2.05, 4.69) is 54.0 Å². The van der Waals surface area contributed by atoms with Crippen molar-refractivity contribution in [2.75, 3.05) is 24.2 Å². The van der Waals surface area contributed by atoms with E-state index < -0.39 is 12.0 Å². The fourth-order valence-electron chi connectivity index (χ4n) is 2.61. The quantitative estimate of drug-likeness (QED) is 0.278. The zero-order valence-electron chi connectivity index (χ0n) is 17.2. The number of pyridine rings is 1. The lowest BCUT2D eigenvalue weighted by Crippen LogP contribution is -2.41. The predicted molar refractivity (Wildman–Crippen MR) is 117 cm³/mol. The van der Waals surface area contributed by atoms with Crippen LogP contribution in [-0.4, -0.2) is 46.5 Å². The normalized spacial score (nSPS) is 13.3. The van der Waals surface area contributed by atoms with E-state index in [1.165, 1.54) is 12.3 Å². The Hall–Kier alpha value is -3.69. The van der Waals surface area contributed by atoms with Gasteiger partial charge in [0, 0.05) is 37.0 Å². The van der Waals surface area contributed by atoms with Crippen molar-refractivity contribution in [3.63, 3.8) is 0 Å². The molecule has 1 saturated carbocycles. The lowest BCUT2D eigenvalue weighted by atomic mass is 10.2. The van der Waals surface area contributed by atoms with Crippen molar-refractivity contribution in [2.45, 2.75) is 37.8 Å². The second-order valence-corrected chi connectivity index (χ2v) is 6.95. The van der Waals surface area contributed by atoms with Crippen LogP contribution in [-0.2, 0) is 4.79 Å². The average molecular weight is 421 g/mol. The Bertz CT molecular complexity index is 1020. The van der Waals surface area contributed by atoms with Gasteiger partial charge in [-0.1, -0.05) is 17.8 Å². The van der Waals surface area contributed by atoms with Crippen LogP contribution < -0.4 is 21.3 Å². The van der Waals surface area contributed by atoms with Gasteiger partial charge in [0.1, 0.15) is 11.9 Å². The first-order chi connectivity index (χ1) is 15.1. The maximum absolute atomic E-state index is 13.3. The smallest absolute Gasteiger partial charge is 0.249 e. The number of amides is 1. The number of rotatable bonds is 9. The monoisotopic (exact) mass is 421 g/mol. The zero-order valence-corrected chi connectivity index (χ0v) is 17.2. The van der Waals surface area contributed by atoms with Gasteiger partial charge < -0.3 is 16.0 Å². The number of unbranched alkanes of at least 4 members (excludes halogenated alkanes) is 1. The van der Waals surface area contributed by atoms with Crippen LogP contribution in [0.5, 0.6) is 0 Å². The van der Waals surface area contributed by atoms with E-state index in [1.54, 1.807) is 19.3 Å². The number of anilines is 3. The maximum atomic E-state index is 13.3. The highest BCUT2D eigenvalue weighted by Gasteiger charge is 2.22. The van der Waals surface area contributed by atoms with Crippen molar-refractivity contribution in [1.29, 1.82) is 0 Å². The van der Waals surface area contributed by atoms with Crippen molar-refractivity contribution in [3.8, 4) is 24.2 Å². The topological polar surface area (TPSA) is 104 Å². The largest absolute Gasteiger partial charge is 0.366 e. The number of terminal acetylenes is 1. The summed E-state index contributed by atoms with van der Waals surface area (Å²) >= 11 is 0. The molecule has 1 atom stereocenters. The number of carbonyl (C=O) groups excluding carboxylic acids is 1. The fraction of sp³-hybridized carbons (Fsp3) is 0.364. The van der Waals surface area contributed by atoms with Crippen molar-refractivity contribution in [1.82, 2.24) is 25.6 Å². The number of likely N-dealkylation sites (N-methyl/N-ethyl adjacent to an activating group) is 1. The van der Waals surface area contributed by atoms with Crippen molar-refractivity contribution in [2.24, 2.45) is 0 Å². The molecule has 4 N–H and O–H groups in total. The molecule has 31 heavy (non-hydrogen) atoms. The number of halogens is 1. The molecule has 0 spiro atoms. The van der Waals surface area contributed by atoms with E-state index in [9.17, 15) is 9.18 Å². The lowest BCUT2D eigenvalue weighted by Gasteiger charge is -2.10. The summed E-state index contributed by atoms with van der Waals surface area (Å²) in [5.74, 6) is 8.73. The summed E-state index contributed by atoms with van der Waals surface area (Å²) in [6, 6.07) is 2.66. The second-order valence-electron chi connectivity index (χ2n) is 6.95. The van der Waals surface area contributed by atoms with Gasteiger partial charge in [0.15, 0.2) is 0 Å². The van der Waals surface area contributed by atoms with Gasteiger partial charge in [-0.25, -0.2) is 9.97 Å². The Morgan fingerprint density at radius 3 is 2.94 bits per heavy atom. The summed E-state index contributed by atoms with van der Waals surface area (Å²) in [6.07, 6.45) is 11.7. The average Bonchev–Trinajstić information content (AvgIpc) is 3.57. The third kappa shape index (κ3) is 6.95. The number of nitrogens with one attached hydrogen (secondary N) is 4. The molecule has 2 heterocycles. The molecule has 160 valence electrons. The molecule has 3 rings (SSSR count). The van der Waals surface area contributed by atoms with E-state index in [-0.39, 0.29) is 5.91 Å². The van der Waals surface area contributed by atoms with Gasteiger partial charge in [0.25, 0.3) is 0 Å². The van der Waals surface area contributed by atoms with Crippen LogP contribution in [0.25, 0.3) is 0 Å². The van der Waals surface area contributed by atoms with Crippen LogP contribution in [0.15, 0.2) is 24.5 Å². The second kappa shape index (κ2) is 10.9. The molecule has 1 aliphatic rings. The SMILES string of the molecule is C#C[C@H](NC)C(=O)NCCCC#Cc1cnc(Nc2ccnc(F)c2)nc1NC1CC1.